The Kier molecular flexibility index (Phi) is 5.09. The predicted octanol–water partition coefficient (Wildman–Crippen LogP) is 4.23. The van der Waals surface area contributed by atoms with Gasteiger partial charge < -0.3 is 4.90 Å². The Morgan fingerprint density at radius 1 is 1.14 bits per heavy atom. The van der Waals surface area contributed by atoms with Crippen molar-refractivity contribution in [3.05, 3.63) is 65.5 Å². The van der Waals surface area contributed by atoms with Crippen LogP contribution in [0.1, 0.15) is 29.3 Å². The van der Waals surface area contributed by atoms with Gasteiger partial charge in [0, 0.05) is 30.8 Å². The van der Waals surface area contributed by atoms with E-state index in [-0.39, 0.29) is 11.6 Å². The Morgan fingerprint density at radius 3 is 2.57 bits per heavy atom. The van der Waals surface area contributed by atoms with E-state index in [1.54, 1.807) is 6.07 Å². The zero-order valence-electron chi connectivity index (χ0n) is 12.5. The molecule has 0 radical (unpaired) electrons. The first-order chi connectivity index (χ1) is 10.1. The van der Waals surface area contributed by atoms with Crippen LogP contribution in [0.25, 0.3) is 0 Å². The van der Waals surface area contributed by atoms with E-state index < -0.39 is 0 Å². The molecule has 0 amide bonds. The molecule has 0 bridgehead atoms. The number of carbonyl (C=O) groups is 1. The lowest BCUT2D eigenvalue weighted by molar-refractivity contribution is 0.0984. The molecule has 2 aromatic rings. The van der Waals surface area contributed by atoms with Gasteiger partial charge in [0.25, 0.3) is 0 Å². The lowest BCUT2D eigenvalue weighted by Crippen LogP contribution is -2.26. The summed E-state index contributed by atoms with van der Waals surface area (Å²) in [6.45, 7) is 5.28. The Balaban J connectivity index is 2.04. The maximum atomic E-state index is 13.3. The van der Waals surface area contributed by atoms with Crippen LogP contribution in [0, 0.1) is 12.7 Å². The largest absolute Gasteiger partial charge is 0.371 e. The van der Waals surface area contributed by atoms with Crippen molar-refractivity contribution in [1.82, 2.24) is 0 Å². The van der Waals surface area contributed by atoms with Crippen molar-refractivity contribution in [3.63, 3.8) is 0 Å². The zero-order chi connectivity index (χ0) is 15.2. The normalized spacial score (nSPS) is 10.4. The molecule has 0 aromatic heterocycles. The van der Waals surface area contributed by atoms with Crippen molar-refractivity contribution < 1.29 is 9.18 Å². The molecular weight excluding hydrogens is 265 g/mol. The average Bonchev–Trinajstić information content (AvgIpc) is 2.48. The molecule has 0 spiro atoms. The standard InChI is InChI=1S/C18H20FNO/c1-3-20(16-9-6-8-15(19)13-16)12-11-18(21)17-10-5-4-7-14(17)2/h4-10,13H,3,11-12H2,1-2H3. The number of benzene rings is 2. The van der Waals surface area contributed by atoms with E-state index in [0.717, 1.165) is 23.4 Å². The molecule has 2 nitrogen and oxygen atoms in total. The zero-order valence-corrected chi connectivity index (χ0v) is 12.5. The minimum absolute atomic E-state index is 0.128. The lowest BCUT2D eigenvalue weighted by atomic mass is 10.0. The van der Waals surface area contributed by atoms with Gasteiger partial charge in [0.1, 0.15) is 5.82 Å². The summed E-state index contributed by atoms with van der Waals surface area (Å²) in [4.78, 5) is 14.3. The van der Waals surface area contributed by atoms with Crippen LogP contribution in [-0.4, -0.2) is 18.9 Å². The topological polar surface area (TPSA) is 20.3 Å². The summed E-state index contributed by atoms with van der Waals surface area (Å²) in [7, 11) is 0. The van der Waals surface area contributed by atoms with Crippen LogP contribution in [0.2, 0.25) is 0 Å². The second kappa shape index (κ2) is 7.02. The number of rotatable bonds is 6. The van der Waals surface area contributed by atoms with Crippen LogP contribution < -0.4 is 4.90 Å². The fourth-order valence-corrected chi connectivity index (χ4v) is 2.40. The van der Waals surface area contributed by atoms with E-state index in [1.165, 1.54) is 12.1 Å². The van der Waals surface area contributed by atoms with Gasteiger partial charge in [0.15, 0.2) is 5.78 Å². The molecule has 2 rings (SSSR count). The fraction of sp³-hybridized carbons (Fsp3) is 0.278. The summed E-state index contributed by atoms with van der Waals surface area (Å²) in [6, 6.07) is 14.1. The summed E-state index contributed by atoms with van der Waals surface area (Å²) < 4.78 is 13.3. The lowest BCUT2D eigenvalue weighted by Gasteiger charge is -2.23. The molecule has 0 N–H and O–H groups in total. The SMILES string of the molecule is CCN(CCC(=O)c1ccccc1C)c1cccc(F)c1. The first kappa shape index (κ1) is 15.2. The van der Waals surface area contributed by atoms with Crippen molar-refractivity contribution >= 4 is 11.5 Å². The summed E-state index contributed by atoms with van der Waals surface area (Å²) in [5.41, 5.74) is 2.58. The maximum absolute atomic E-state index is 13.3. The second-order valence-corrected chi connectivity index (χ2v) is 5.05. The molecule has 0 saturated heterocycles. The smallest absolute Gasteiger partial charge is 0.164 e. The van der Waals surface area contributed by atoms with Gasteiger partial charge in [0.05, 0.1) is 0 Å². The molecule has 2 aromatic carbocycles. The molecule has 0 aliphatic rings. The van der Waals surface area contributed by atoms with Crippen molar-refractivity contribution in [2.75, 3.05) is 18.0 Å². The number of hydrogen-bond donors (Lipinski definition) is 0. The van der Waals surface area contributed by atoms with Gasteiger partial charge in [-0.3, -0.25) is 4.79 Å². The maximum Gasteiger partial charge on any atom is 0.164 e. The number of Topliss-reactive ketones (excluding diaryl/α,β-unsaturated/α-hetero) is 1. The van der Waals surface area contributed by atoms with Gasteiger partial charge in [-0.25, -0.2) is 4.39 Å². The molecule has 0 unspecified atom stereocenters. The summed E-state index contributed by atoms with van der Waals surface area (Å²) in [6.07, 6.45) is 0.426. The highest BCUT2D eigenvalue weighted by molar-refractivity contribution is 5.97. The number of hydrogen-bond acceptors (Lipinski definition) is 2. The Morgan fingerprint density at radius 2 is 1.90 bits per heavy atom. The van der Waals surface area contributed by atoms with Gasteiger partial charge in [-0.05, 0) is 37.6 Å². The molecule has 0 fully saturated rings. The average molecular weight is 285 g/mol. The first-order valence-electron chi connectivity index (χ1n) is 7.21. The highest BCUT2D eigenvalue weighted by Gasteiger charge is 2.11. The van der Waals surface area contributed by atoms with Gasteiger partial charge in [-0.1, -0.05) is 30.3 Å². The molecule has 3 heteroatoms. The third-order valence-electron chi connectivity index (χ3n) is 3.61. The number of anilines is 1. The third kappa shape index (κ3) is 3.91. The van der Waals surface area contributed by atoms with Crippen LogP contribution in [0.3, 0.4) is 0 Å². The van der Waals surface area contributed by atoms with Crippen molar-refractivity contribution in [2.24, 2.45) is 0 Å². The number of nitrogens with zero attached hydrogens (tertiary/aromatic N) is 1. The molecule has 21 heavy (non-hydrogen) atoms. The minimum atomic E-state index is -0.254. The Labute approximate surface area is 125 Å². The molecule has 0 aliphatic heterocycles. The van der Waals surface area contributed by atoms with Crippen LogP contribution in [0.5, 0.6) is 0 Å². The molecule has 0 atom stereocenters. The molecule has 0 saturated carbocycles. The van der Waals surface area contributed by atoms with Crippen LogP contribution in [0.4, 0.5) is 10.1 Å². The van der Waals surface area contributed by atoms with Gasteiger partial charge >= 0.3 is 0 Å². The van der Waals surface area contributed by atoms with Crippen LogP contribution in [-0.2, 0) is 0 Å². The van der Waals surface area contributed by atoms with E-state index >= 15 is 0 Å². The Hall–Kier alpha value is -2.16. The van der Waals surface area contributed by atoms with Gasteiger partial charge in [-0.15, -0.1) is 0 Å². The molecular formula is C18H20FNO. The van der Waals surface area contributed by atoms with E-state index in [9.17, 15) is 9.18 Å². The number of aryl methyl sites for hydroxylation is 1. The highest BCUT2D eigenvalue weighted by Crippen LogP contribution is 2.17. The third-order valence-corrected chi connectivity index (χ3v) is 3.61. The van der Waals surface area contributed by atoms with Crippen molar-refractivity contribution in [2.45, 2.75) is 20.3 Å². The van der Waals surface area contributed by atoms with Crippen LogP contribution in [0.15, 0.2) is 48.5 Å². The minimum Gasteiger partial charge on any atom is -0.371 e. The quantitative estimate of drug-likeness (QED) is 0.740. The van der Waals surface area contributed by atoms with E-state index in [2.05, 4.69) is 0 Å². The number of ketones is 1. The number of carbonyl (C=O) groups excluding carboxylic acids is 1. The fourth-order valence-electron chi connectivity index (χ4n) is 2.40. The number of halogens is 1. The van der Waals surface area contributed by atoms with Gasteiger partial charge in [-0.2, -0.15) is 0 Å². The van der Waals surface area contributed by atoms with Crippen molar-refractivity contribution in [1.29, 1.82) is 0 Å². The van der Waals surface area contributed by atoms with Gasteiger partial charge in [0.2, 0.25) is 0 Å². The van der Waals surface area contributed by atoms with Crippen LogP contribution >= 0.6 is 0 Å². The highest BCUT2D eigenvalue weighted by atomic mass is 19.1. The summed E-state index contributed by atoms with van der Waals surface area (Å²) in [5.74, 6) is -0.126. The second-order valence-electron chi connectivity index (χ2n) is 5.05. The Bertz CT molecular complexity index is 624. The predicted molar refractivity (Wildman–Crippen MR) is 84.4 cm³/mol. The monoisotopic (exact) mass is 285 g/mol. The first-order valence-corrected chi connectivity index (χ1v) is 7.21. The summed E-state index contributed by atoms with van der Waals surface area (Å²) in [5, 5.41) is 0. The molecule has 0 heterocycles. The van der Waals surface area contributed by atoms with E-state index in [1.807, 2.05) is 49.1 Å². The summed E-state index contributed by atoms with van der Waals surface area (Å²) >= 11 is 0. The van der Waals surface area contributed by atoms with E-state index in [4.69, 9.17) is 0 Å². The molecule has 0 aliphatic carbocycles. The molecule has 110 valence electrons. The van der Waals surface area contributed by atoms with Crippen molar-refractivity contribution in [3.8, 4) is 0 Å². The van der Waals surface area contributed by atoms with E-state index in [0.29, 0.717) is 13.0 Å².